The van der Waals surface area contributed by atoms with Gasteiger partial charge in [-0.3, -0.25) is 0 Å². The smallest absolute Gasteiger partial charge is 0.403 e. The second kappa shape index (κ2) is 4.40. The zero-order chi connectivity index (χ0) is 17.5. The molecule has 1 aliphatic carbocycles. The average molecular weight is 334 g/mol. The first-order chi connectivity index (χ1) is 10.2. The highest BCUT2D eigenvalue weighted by Crippen LogP contribution is 2.57. The summed E-state index contributed by atoms with van der Waals surface area (Å²) in [6.07, 6.45) is -5.70. The van der Waals surface area contributed by atoms with Gasteiger partial charge in [0.1, 0.15) is 0 Å². The van der Waals surface area contributed by atoms with Crippen LogP contribution in [0, 0.1) is 0 Å². The molecule has 2 saturated heterocycles. The highest BCUT2D eigenvalue weighted by Gasteiger charge is 2.64. The van der Waals surface area contributed by atoms with Crippen LogP contribution >= 0.6 is 0 Å². The lowest BCUT2D eigenvalue weighted by Gasteiger charge is -2.32. The Balaban J connectivity index is 1.97. The quantitative estimate of drug-likeness (QED) is 0.528. The van der Waals surface area contributed by atoms with E-state index in [0.717, 1.165) is 12.2 Å². The van der Waals surface area contributed by atoms with E-state index < -0.39 is 47.0 Å². The maximum absolute atomic E-state index is 13.8. The summed E-state index contributed by atoms with van der Waals surface area (Å²) in [5.74, 6) is 0. The van der Waals surface area contributed by atoms with Crippen LogP contribution in [0.1, 0.15) is 41.0 Å². The highest BCUT2D eigenvalue weighted by atomic mass is 19.3. The Bertz CT molecular complexity index is 596. The number of alkyl halides is 4. The highest BCUT2D eigenvalue weighted by molar-refractivity contribution is 6.50. The number of halogens is 4. The number of fused-ring (bicyclic) bond motifs is 1. The van der Waals surface area contributed by atoms with E-state index in [4.69, 9.17) is 9.31 Å². The first-order valence-corrected chi connectivity index (χ1v) is 7.46. The van der Waals surface area contributed by atoms with Gasteiger partial charge in [-0.2, -0.15) is 17.6 Å². The third-order valence-electron chi connectivity index (χ3n) is 5.19. The van der Waals surface area contributed by atoms with E-state index in [2.05, 4.69) is 4.74 Å². The van der Waals surface area contributed by atoms with E-state index in [1.54, 1.807) is 6.92 Å². The number of rotatable bonds is 1. The van der Waals surface area contributed by atoms with E-state index >= 15 is 0 Å². The molecular weight excluding hydrogens is 315 g/mol. The van der Waals surface area contributed by atoms with Crippen molar-refractivity contribution in [2.24, 2.45) is 0 Å². The van der Waals surface area contributed by atoms with Gasteiger partial charge in [0, 0.05) is 5.31 Å². The number of allylic oxidation sites excluding steroid dienone is 2. The van der Waals surface area contributed by atoms with Gasteiger partial charge in [-0.1, -0.05) is 19.1 Å². The Morgan fingerprint density at radius 3 is 1.87 bits per heavy atom. The number of hydrogen-bond donors (Lipinski definition) is 0. The van der Waals surface area contributed by atoms with Crippen molar-refractivity contribution >= 4 is 7.12 Å². The van der Waals surface area contributed by atoms with Crippen LogP contribution in [0.3, 0.4) is 0 Å². The van der Waals surface area contributed by atoms with Crippen LogP contribution in [0.2, 0.25) is 5.31 Å². The summed E-state index contributed by atoms with van der Waals surface area (Å²) < 4.78 is 70.2. The third-order valence-corrected chi connectivity index (χ3v) is 5.19. The van der Waals surface area contributed by atoms with Crippen LogP contribution in [0.15, 0.2) is 23.3 Å². The monoisotopic (exact) mass is 334 g/mol. The molecule has 128 valence electrons. The fourth-order valence-corrected chi connectivity index (χ4v) is 2.96. The maximum Gasteiger partial charge on any atom is 0.468 e. The molecule has 0 spiro atoms. The van der Waals surface area contributed by atoms with Crippen molar-refractivity contribution in [3.05, 3.63) is 23.3 Å². The van der Waals surface area contributed by atoms with Gasteiger partial charge >= 0.3 is 19.3 Å². The van der Waals surface area contributed by atoms with E-state index in [1.165, 1.54) is 0 Å². The first-order valence-electron chi connectivity index (χ1n) is 7.46. The second-order valence-electron chi connectivity index (χ2n) is 7.61. The first kappa shape index (κ1) is 17.0. The molecule has 1 unspecified atom stereocenters. The molecule has 2 fully saturated rings. The Kier molecular flexibility index (Phi) is 3.25. The van der Waals surface area contributed by atoms with Crippen LogP contribution in [0.25, 0.3) is 0 Å². The number of ether oxygens (including phenoxy) is 1. The van der Waals surface area contributed by atoms with Gasteiger partial charge in [0.2, 0.25) is 0 Å². The van der Waals surface area contributed by atoms with Gasteiger partial charge in [0.05, 0.1) is 22.3 Å². The summed E-state index contributed by atoms with van der Waals surface area (Å²) in [5.41, 5.74) is -2.84. The SMILES string of the molecule is CC1(B2OC(C)(C)C(C)(C)O2)C=C2C(=CC1)C(F)(F)OC2(F)F. The molecule has 0 aromatic carbocycles. The fourth-order valence-electron chi connectivity index (χ4n) is 2.96. The van der Waals surface area contributed by atoms with Crippen LogP contribution in [0.5, 0.6) is 0 Å². The van der Waals surface area contributed by atoms with Crippen molar-refractivity contribution in [3.8, 4) is 0 Å². The molecule has 3 aliphatic rings. The van der Waals surface area contributed by atoms with Crippen LogP contribution in [-0.2, 0) is 14.0 Å². The molecule has 1 atom stereocenters. The molecule has 8 heteroatoms. The summed E-state index contributed by atoms with van der Waals surface area (Å²) in [7, 11) is -0.817. The second-order valence-corrected chi connectivity index (χ2v) is 7.61. The van der Waals surface area contributed by atoms with Gasteiger partial charge in [-0.15, -0.1) is 0 Å². The van der Waals surface area contributed by atoms with E-state index in [0.29, 0.717) is 0 Å². The molecule has 0 bridgehead atoms. The van der Waals surface area contributed by atoms with Gasteiger partial charge in [-0.25, -0.2) is 4.74 Å². The normalized spacial score (nSPS) is 36.5. The molecule has 0 N–H and O–H groups in total. The Labute approximate surface area is 132 Å². The van der Waals surface area contributed by atoms with Crippen LogP contribution in [-0.4, -0.2) is 30.5 Å². The summed E-state index contributed by atoms with van der Waals surface area (Å²) in [5, 5.41) is -0.989. The lowest BCUT2D eigenvalue weighted by Crippen LogP contribution is -2.41. The standard InChI is InChI=1S/C15H19BF4O3/c1-11(2)12(3,4)23-16(22-11)13(5)7-6-9-10(8-13)15(19,20)21-14(9,17)18/h6,8H,7H2,1-5H3. The Morgan fingerprint density at radius 1 is 0.870 bits per heavy atom. The minimum absolute atomic E-state index is 0.0949. The van der Waals surface area contributed by atoms with Gasteiger partial charge in [0.15, 0.2) is 0 Å². The molecule has 23 heavy (non-hydrogen) atoms. The van der Waals surface area contributed by atoms with Crippen molar-refractivity contribution in [3.63, 3.8) is 0 Å². The topological polar surface area (TPSA) is 27.7 Å². The zero-order valence-corrected chi connectivity index (χ0v) is 13.7. The summed E-state index contributed by atoms with van der Waals surface area (Å²) >= 11 is 0. The fraction of sp³-hybridized carbons (Fsp3) is 0.733. The Hall–Kier alpha value is -0.855. The zero-order valence-electron chi connectivity index (χ0n) is 13.7. The van der Waals surface area contributed by atoms with Crippen molar-refractivity contribution in [2.45, 2.75) is 69.8 Å². The van der Waals surface area contributed by atoms with Crippen molar-refractivity contribution < 1.29 is 31.6 Å². The van der Waals surface area contributed by atoms with Gasteiger partial charge in [-0.05, 0) is 34.1 Å². The number of hydrogen-bond acceptors (Lipinski definition) is 3. The minimum atomic E-state index is -4.03. The molecular formula is C15H19BF4O3. The molecule has 0 amide bonds. The van der Waals surface area contributed by atoms with E-state index in [-0.39, 0.29) is 6.42 Å². The molecule has 0 aromatic rings. The molecule has 2 aliphatic heterocycles. The van der Waals surface area contributed by atoms with Crippen molar-refractivity contribution in [2.75, 3.05) is 0 Å². The minimum Gasteiger partial charge on any atom is -0.403 e. The molecule has 0 aromatic heterocycles. The largest absolute Gasteiger partial charge is 0.468 e. The van der Waals surface area contributed by atoms with Crippen LogP contribution in [0.4, 0.5) is 17.6 Å². The summed E-state index contributed by atoms with van der Waals surface area (Å²) in [4.78, 5) is 0. The molecule has 0 radical (unpaired) electrons. The van der Waals surface area contributed by atoms with Crippen LogP contribution < -0.4 is 0 Å². The predicted molar refractivity (Wildman–Crippen MR) is 76.2 cm³/mol. The van der Waals surface area contributed by atoms with Crippen molar-refractivity contribution in [1.29, 1.82) is 0 Å². The predicted octanol–water partition coefficient (Wildman–Crippen LogP) is 4.31. The lowest BCUT2D eigenvalue weighted by molar-refractivity contribution is -0.313. The van der Waals surface area contributed by atoms with E-state index in [9.17, 15) is 17.6 Å². The molecule has 2 heterocycles. The van der Waals surface area contributed by atoms with Gasteiger partial charge in [0.25, 0.3) is 0 Å². The lowest BCUT2D eigenvalue weighted by atomic mass is 9.54. The molecule has 0 saturated carbocycles. The molecule has 3 nitrogen and oxygen atoms in total. The average Bonchev–Trinajstić information content (AvgIpc) is 2.67. The molecule has 3 rings (SSSR count). The summed E-state index contributed by atoms with van der Waals surface area (Å²) in [6.45, 7) is 9.02. The van der Waals surface area contributed by atoms with Crippen molar-refractivity contribution in [1.82, 2.24) is 0 Å². The third kappa shape index (κ3) is 2.37. The summed E-state index contributed by atoms with van der Waals surface area (Å²) in [6, 6.07) is 0. The van der Waals surface area contributed by atoms with E-state index in [1.807, 2.05) is 27.7 Å². The Morgan fingerprint density at radius 2 is 1.35 bits per heavy atom. The van der Waals surface area contributed by atoms with Gasteiger partial charge < -0.3 is 9.31 Å². The maximum atomic E-state index is 13.8.